The van der Waals surface area contributed by atoms with Gasteiger partial charge in [0.25, 0.3) is 0 Å². The fourth-order valence-electron chi connectivity index (χ4n) is 3.42. The van der Waals surface area contributed by atoms with Crippen LogP contribution in [0.1, 0.15) is 6.55 Å². The molecule has 0 bridgehead atoms. The number of para-hydroxylation sites is 2. The van der Waals surface area contributed by atoms with E-state index in [2.05, 4.69) is 9.88 Å². The number of rotatable bonds is 5. The molecule has 1 aliphatic heterocycles. The van der Waals surface area contributed by atoms with Gasteiger partial charge in [-0.15, -0.1) is 0 Å². The van der Waals surface area contributed by atoms with Gasteiger partial charge >= 0.3 is 6.55 Å². The van der Waals surface area contributed by atoms with Crippen LogP contribution in [0.15, 0.2) is 53.7 Å². The molecule has 0 aliphatic carbocycles. The van der Waals surface area contributed by atoms with Crippen LogP contribution in [0.5, 0.6) is 0 Å². The number of hydrogen-bond donors (Lipinski definition) is 0. The summed E-state index contributed by atoms with van der Waals surface area (Å²) in [7, 11) is 0. The van der Waals surface area contributed by atoms with Gasteiger partial charge in [-0.25, -0.2) is 4.98 Å². The van der Waals surface area contributed by atoms with Crippen molar-refractivity contribution in [3.8, 4) is 0 Å². The van der Waals surface area contributed by atoms with E-state index in [0.717, 1.165) is 22.0 Å². The fraction of sp³-hybridized carbons (Fsp3) is 0.300. The van der Waals surface area contributed by atoms with Crippen LogP contribution in [0.4, 0.5) is 14.5 Å². The number of anilines is 1. The molecule has 1 amide bonds. The number of benzene rings is 2. The number of hydrogen-bond acceptors (Lipinski definition) is 4. The van der Waals surface area contributed by atoms with E-state index in [4.69, 9.17) is 11.6 Å². The summed E-state index contributed by atoms with van der Waals surface area (Å²) in [5, 5.41) is 0.839. The third-order valence-corrected chi connectivity index (χ3v) is 6.06. The highest BCUT2D eigenvalue weighted by molar-refractivity contribution is 7.99. The van der Waals surface area contributed by atoms with Gasteiger partial charge in [-0.05, 0) is 30.3 Å². The summed E-state index contributed by atoms with van der Waals surface area (Å²) in [5.74, 6) is 0.00124. The minimum absolute atomic E-state index is 0.0754. The van der Waals surface area contributed by atoms with E-state index in [1.165, 1.54) is 0 Å². The Bertz CT molecular complexity index is 1020. The van der Waals surface area contributed by atoms with Gasteiger partial charge in [0.05, 0.1) is 16.8 Å². The summed E-state index contributed by atoms with van der Waals surface area (Å²) in [6, 6.07) is 14.4. The third-order valence-electron chi connectivity index (χ3n) is 4.89. The lowest BCUT2D eigenvalue weighted by molar-refractivity contribution is -0.128. The molecular formula is C20H19ClF2N4OS. The third kappa shape index (κ3) is 4.33. The number of aromatic nitrogens is 2. The van der Waals surface area contributed by atoms with Gasteiger partial charge in [-0.2, -0.15) is 8.78 Å². The summed E-state index contributed by atoms with van der Waals surface area (Å²) < 4.78 is 27.9. The highest BCUT2D eigenvalue weighted by Crippen LogP contribution is 2.29. The van der Waals surface area contributed by atoms with Gasteiger partial charge in [0, 0.05) is 36.9 Å². The molecule has 5 nitrogen and oxygen atoms in total. The lowest BCUT2D eigenvalue weighted by atomic mass is 10.2. The average molecular weight is 437 g/mol. The molecule has 1 aromatic heterocycles. The van der Waals surface area contributed by atoms with E-state index in [9.17, 15) is 13.6 Å². The first-order valence-electron chi connectivity index (χ1n) is 9.19. The van der Waals surface area contributed by atoms with Crippen molar-refractivity contribution in [3.63, 3.8) is 0 Å². The predicted molar refractivity (Wildman–Crippen MR) is 112 cm³/mol. The number of piperazine rings is 1. The molecule has 0 saturated carbocycles. The van der Waals surface area contributed by atoms with E-state index in [1.54, 1.807) is 29.2 Å². The molecule has 9 heteroatoms. The van der Waals surface area contributed by atoms with Crippen molar-refractivity contribution in [1.82, 2.24) is 14.5 Å². The second kappa shape index (κ2) is 8.59. The number of nitrogens with zero attached hydrogens (tertiary/aromatic N) is 4. The molecule has 152 valence electrons. The second-order valence-corrected chi connectivity index (χ2v) is 8.05. The highest BCUT2D eigenvalue weighted by Gasteiger charge is 2.23. The van der Waals surface area contributed by atoms with E-state index in [0.29, 0.717) is 42.2 Å². The Labute approximate surface area is 176 Å². The zero-order valence-electron chi connectivity index (χ0n) is 15.5. The van der Waals surface area contributed by atoms with Crippen LogP contribution in [0, 0.1) is 0 Å². The first kappa shape index (κ1) is 20.0. The molecule has 0 N–H and O–H groups in total. The number of alkyl halides is 2. The monoisotopic (exact) mass is 436 g/mol. The number of amides is 1. The smallest absolute Gasteiger partial charge is 0.321 e. The molecule has 0 atom stereocenters. The number of thioether (sulfide) groups is 1. The van der Waals surface area contributed by atoms with Crippen LogP contribution >= 0.6 is 23.4 Å². The lowest BCUT2D eigenvalue weighted by Gasteiger charge is -2.36. The van der Waals surface area contributed by atoms with Crippen LogP contribution in [0.2, 0.25) is 5.02 Å². The lowest BCUT2D eigenvalue weighted by Crippen LogP contribution is -2.49. The van der Waals surface area contributed by atoms with Crippen molar-refractivity contribution >= 4 is 46.0 Å². The average Bonchev–Trinajstić information content (AvgIpc) is 3.11. The molecule has 1 aliphatic rings. The molecule has 4 rings (SSSR count). The first-order chi connectivity index (χ1) is 14.0. The molecule has 0 unspecified atom stereocenters. The Kier molecular flexibility index (Phi) is 5.91. The van der Waals surface area contributed by atoms with E-state index in [-0.39, 0.29) is 16.8 Å². The van der Waals surface area contributed by atoms with Crippen molar-refractivity contribution in [2.75, 3.05) is 36.8 Å². The Balaban J connectivity index is 1.37. The molecule has 1 saturated heterocycles. The summed E-state index contributed by atoms with van der Waals surface area (Å²) >= 11 is 7.10. The van der Waals surface area contributed by atoms with Gasteiger partial charge in [0.2, 0.25) is 5.91 Å². The molecule has 1 fully saturated rings. The second-order valence-electron chi connectivity index (χ2n) is 6.67. The Morgan fingerprint density at radius 3 is 2.59 bits per heavy atom. The molecule has 2 aromatic carbocycles. The van der Waals surface area contributed by atoms with Crippen molar-refractivity contribution < 1.29 is 13.6 Å². The van der Waals surface area contributed by atoms with Gasteiger partial charge in [-0.1, -0.05) is 41.6 Å². The molecule has 0 radical (unpaired) electrons. The van der Waals surface area contributed by atoms with Crippen molar-refractivity contribution in [2.45, 2.75) is 11.7 Å². The Hall–Kier alpha value is -2.32. The maximum Gasteiger partial charge on any atom is 0.321 e. The van der Waals surface area contributed by atoms with Gasteiger partial charge < -0.3 is 9.80 Å². The summed E-state index contributed by atoms with van der Waals surface area (Å²) in [4.78, 5) is 20.8. The molecule has 29 heavy (non-hydrogen) atoms. The van der Waals surface area contributed by atoms with Gasteiger partial charge in [-0.3, -0.25) is 9.36 Å². The number of carbonyl (C=O) groups is 1. The predicted octanol–water partition coefficient (Wildman–Crippen LogP) is 4.53. The highest BCUT2D eigenvalue weighted by atomic mass is 35.5. The SMILES string of the molecule is O=C(CSc1nc2ccccc2n1C(F)F)N1CCN(c2cccc(Cl)c2)CC1. The minimum Gasteiger partial charge on any atom is -0.368 e. The minimum atomic E-state index is -2.71. The topological polar surface area (TPSA) is 41.4 Å². The maximum absolute atomic E-state index is 13.5. The van der Waals surface area contributed by atoms with Gasteiger partial charge in [0.15, 0.2) is 5.16 Å². The Morgan fingerprint density at radius 2 is 1.86 bits per heavy atom. The normalized spacial score (nSPS) is 14.8. The van der Waals surface area contributed by atoms with Crippen LogP contribution < -0.4 is 4.90 Å². The Morgan fingerprint density at radius 1 is 1.10 bits per heavy atom. The van der Waals surface area contributed by atoms with Crippen molar-refractivity contribution in [3.05, 3.63) is 53.6 Å². The fourth-order valence-corrected chi connectivity index (χ4v) is 4.52. The van der Waals surface area contributed by atoms with E-state index in [1.807, 2.05) is 24.3 Å². The number of carbonyl (C=O) groups excluding carboxylic acids is 1. The molecular weight excluding hydrogens is 418 g/mol. The van der Waals surface area contributed by atoms with Crippen LogP contribution in [-0.2, 0) is 4.79 Å². The number of fused-ring (bicyclic) bond motifs is 1. The molecule has 3 aromatic rings. The number of halogens is 3. The molecule has 2 heterocycles. The summed E-state index contributed by atoms with van der Waals surface area (Å²) in [6.07, 6.45) is 0. The molecule has 0 spiro atoms. The number of imidazole rings is 1. The maximum atomic E-state index is 13.5. The van der Waals surface area contributed by atoms with Crippen molar-refractivity contribution in [2.24, 2.45) is 0 Å². The zero-order chi connectivity index (χ0) is 20.4. The standard InChI is InChI=1S/C20H19ClF2N4OS/c21-14-4-3-5-15(12-14)25-8-10-26(11-9-25)18(28)13-29-20-24-16-6-1-2-7-17(16)27(20)19(22)23/h1-7,12,19H,8-11,13H2. The van der Waals surface area contributed by atoms with E-state index < -0.39 is 6.55 Å². The van der Waals surface area contributed by atoms with Crippen LogP contribution in [-0.4, -0.2) is 52.3 Å². The quantitative estimate of drug-likeness (QED) is 0.551. The van der Waals surface area contributed by atoms with E-state index >= 15 is 0 Å². The van der Waals surface area contributed by atoms with Crippen LogP contribution in [0.25, 0.3) is 11.0 Å². The first-order valence-corrected chi connectivity index (χ1v) is 10.6. The van der Waals surface area contributed by atoms with Gasteiger partial charge in [0.1, 0.15) is 0 Å². The van der Waals surface area contributed by atoms with Crippen molar-refractivity contribution in [1.29, 1.82) is 0 Å². The van der Waals surface area contributed by atoms with Crippen LogP contribution in [0.3, 0.4) is 0 Å². The zero-order valence-corrected chi connectivity index (χ0v) is 17.0. The summed E-state index contributed by atoms with van der Waals surface area (Å²) in [6.45, 7) is -0.145. The summed E-state index contributed by atoms with van der Waals surface area (Å²) in [5.41, 5.74) is 1.90. The largest absolute Gasteiger partial charge is 0.368 e.